The molecule has 0 aromatic carbocycles. The fraction of sp³-hybridized carbons (Fsp3) is 0.882. The number of nitriles is 1. The molecule has 4 fully saturated rings. The van der Waals surface area contributed by atoms with Crippen LogP contribution in [0.25, 0.3) is 0 Å². The quantitative estimate of drug-likeness (QED) is 0.867. The van der Waals surface area contributed by atoms with Gasteiger partial charge in [-0.05, 0) is 48.9 Å². The Morgan fingerprint density at radius 3 is 2.73 bits per heavy atom. The summed E-state index contributed by atoms with van der Waals surface area (Å²) in [6.45, 7) is 8.26. The fourth-order valence-electron chi connectivity index (χ4n) is 4.94. The highest BCUT2D eigenvalue weighted by molar-refractivity contribution is 5.85. The summed E-state index contributed by atoms with van der Waals surface area (Å²) >= 11 is 0. The minimum absolute atomic E-state index is 0. The molecular formula is C17H28ClN3O. The molecule has 0 radical (unpaired) electrons. The van der Waals surface area contributed by atoms with Crippen LogP contribution in [0.1, 0.15) is 46.5 Å². The van der Waals surface area contributed by atoms with Crippen molar-refractivity contribution in [2.24, 2.45) is 23.2 Å². The van der Waals surface area contributed by atoms with E-state index < -0.39 is 0 Å². The molecule has 4 nitrogen and oxygen atoms in total. The predicted octanol–water partition coefficient (Wildman–Crippen LogP) is 2.58. The number of hydrogen-bond donors (Lipinski definition) is 1. The number of fused-ring (bicyclic) bond motifs is 2. The van der Waals surface area contributed by atoms with Gasteiger partial charge < -0.3 is 10.2 Å². The molecule has 3 saturated carbocycles. The molecule has 2 bridgehead atoms. The number of hydrogen-bond acceptors (Lipinski definition) is 3. The predicted molar refractivity (Wildman–Crippen MR) is 88.5 cm³/mol. The Morgan fingerprint density at radius 1 is 1.41 bits per heavy atom. The number of amides is 1. The van der Waals surface area contributed by atoms with Crippen molar-refractivity contribution in [3.05, 3.63) is 0 Å². The Balaban J connectivity index is 0.00000176. The summed E-state index contributed by atoms with van der Waals surface area (Å²) in [5, 5.41) is 12.6. The second-order valence-electron chi connectivity index (χ2n) is 7.82. The molecule has 124 valence electrons. The molecule has 1 amide bonds. The van der Waals surface area contributed by atoms with Gasteiger partial charge in [0.15, 0.2) is 0 Å². The van der Waals surface area contributed by atoms with Crippen LogP contribution in [-0.4, -0.2) is 36.0 Å². The van der Waals surface area contributed by atoms with Crippen molar-refractivity contribution in [2.75, 3.05) is 13.1 Å². The first-order chi connectivity index (χ1) is 9.95. The molecule has 4 aliphatic rings. The summed E-state index contributed by atoms with van der Waals surface area (Å²) in [6, 6.07) is 2.51. The summed E-state index contributed by atoms with van der Waals surface area (Å²) in [5.74, 6) is 2.35. The Labute approximate surface area is 140 Å². The fourth-order valence-corrected chi connectivity index (χ4v) is 4.94. The van der Waals surface area contributed by atoms with Crippen LogP contribution < -0.4 is 5.32 Å². The Morgan fingerprint density at radius 2 is 2.14 bits per heavy atom. The summed E-state index contributed by atoms with van der Waals surface area (Å²) in [4.78, 5) is 14.1. The van der Waals surface area contributed by atoms with E-state index in [0.29, 0.717) is 23.9 Å². The molecule has 5 heteroatoms. The van der Waals surface area contributed by atoms with Gasteiger partial charge in [-0.1, -0.05) is 20.8 Å². The van der Waals surface area contributed by atoms with E-state index in [1.54, 1.807) is 4.90 Å². The number of rotatable bonds is 3. The van der Waals surface area contributed by atoms with Crippen LogP contribution >= 0.6 is 12.4 Å². The number of nitrogens with one attached hydrogen (secondary N) is 1. The van der Waals surface area contributed by atoms with Crippen molar-refractivity contribution in [1.82, 2.24) is 10.2 Å². The van der Waals surface area contributed by atoms with Crippen molar-refractivity contribution in [2.45, 2.75) is 58.5 Å². The third-order valence-corrected chi connectivity index (χ3v) is 6.59. The maximum Gasteiger partial charge on any atom is 0.237 e. The van der Waals surface area contributed by atoms with Crippen LogP contribution in [0, 0.1) is 34.5 Å². The van der Waals surface area contributed by atoms with Gasteiger partial charge in [0.25, 0.3) is 0 Å². The van der Waals surface area contributed by atoms with Crippen LogP contribution in [0.4, 0.5) is 0 Å². The van der Waals surface area contributed by atoms with E-state index >= 15 is 0 Å². The molecule has 1 aliphatic heterocycles. The third-order valence-electron chi connectivity index (χ3n) is 6.59. The van der Waals surface area contributed by atoms with Crippen LogP contribution in [0.3, 0.4) is 0 Å². The molecule has 1 N–H and O–H groups in total. The zero-order valence-electron chi connectivity index (χ0n) is 13.8. The molecule has 22 heavy (non-hydrogen) atoms. The Bertz CT molecular complexity index is 473. The number of nitrogens with zero attached hydrogens (tertiary/aromatic N) is 2. The van der Waals surface area contributed by atoms with E-state index in [9.17, 15) is 4.79 Å². The van der Waals surface area contributed by atoms with E-state index in [2.05, 4.69) is 32.2 Å². The third kappa shape index (κ3) is 2.74. The topological polar surface area (TPSA) is 56.1 Å². The van der Waals surface area contributed by atoms with Crippen LogP contribution in [0.5, 0.6) is 0 Å². The molecule has 0 unspecified atom stereocenters. The minimum Gasteiger partial charge on any atom is -0.326 e. The van der Waals surface area contributed by atoms with Gasteiger partial charge in [-0.15, -0.1) is 12.4 Å². The minimum atomic E-state index is -0.199. The SMILES string of the molecule is C[C@@H]1[C@H]2C[C@@H](C[C@H]1NCC(=O)N1CCC[C@H]1C#N)C2(C)C.Cl. The van der Waals surface area contributed by atoms with Gasteiger partial charge in [-0.2, -0.15) is 5.26 Å². The van der Waals surface area contributed by atoms with Crippen molar-refractivity contribution in [1.29, 1.82) is 5.26 Å². The van der Waals surface area contributed by atoms with E-state index in [4.69, 9.17) is 5.26 Å². The number of carbonyl (C=O) groups excluding carboxylic acids is 1. The zero-order valence-corrected chi connectivity index (χ0v) is 14.7. The monoisotopic (exact) mass is 325 g/mol. The lowest BCUT2D eigenvalue weighted by atomic mass is 9.45. The van der Waals surface area contributed by atoms with Crippen molar-refractivity contribution >= 4 is 18.3 Å². The molecule has 4 rings (SSSR count). The van der Waals surface area contributed by atoms with Crippen LogP contribution in [0.15, 0.2) is 0 Å². The molecule has 0 aromatic heterocycles. The lowest BCUT2D eigenvalue weighted by Crippen LogP contribution is -2.60. The molecule has 0 aromatic rings. The van der Waals surface area contributed by atoms with Gasteiger partial charge in [0.05, 0.1) is 12.6 Å². The normalized spacial score (nSPS) is 38.6. The Kier molecular flexibility index (Phi) is 5.09. The second kappa shape index (κ2) is 6.37. The van der Waals surface area contributed by atoms with Crippen molar-refractivity contribution in [3.8, 4) is 6.07 Å². The van der Waals surface area contributed by atoms with Crippen LogP contribution in [-0.2, 0) is 4.79 Å². The maximum atomic E-state index is 12.3. The highest BCUT2D eigenvalue weighted by Crippen LogP contribution is 2.61. The number of carbonyl (C=O) groups is 1. The van der Waals surface area contributed by atoms with E-state index in [-0.39, 0.29) is 24.4 Å². The first kappa shape index (κ1) is 17.6. The van der Waals surface area contributed by atoms with Gasteiger partial charge in [0, 0.05) is 12.6 Å². The maximum absolute atomic E-state index is 12.3. The van der Waals surface area contributed by atoms with Crippen molar-refractivity contribution < 1.29 is 4.79 Å². The number of halogens is 1. The average Bonchev–Trinajstić information content (AvgIpc) is 2.93. The van der Waals surface area contributed by atoms with Gasteiger partial charge in [0.2, 0.25) is 5.91 Å². The highest BCUT2D eigenvalue weighted by atomic mass is 35.5. The van der Waals surface area contributed by atoms with Crippen LogP contribution in [0.2, 0.25) is 0 Å². The molecule has 1 heterocycles. The molecule has 5 atom stereocenters. The molecule has 0 spiro atoms. The summed E-state index contributed by atoms with van der Waals surface area (Å²) in [5.41, 5.74) is 0.489. The zero-order chi connectivity index (χ0) is 15.2. The van der Waals surface area contributed by atoms with Gasteiger partial charge in [-0.25, -0.2) is 0 Å². The smallest absolute Gasteiger partial charge is 0.237 e. The molecule has 3 aliphatic carbocycles. The second-order valence-corrected chi connectivity index (χ2v) is 7.82. The lowest BCUT2D eigenvalue weighted by molar-refractivity contribution is -0.133. The van der Waals surface area contributed by atoms with E-state index in [0.717, 1.165) is 31.2 Å². The summed E-state index contributed by atoms with van der Waals surface area (Å²) in [7, 11) is 0. The number of likely N-dealkylation sites (tertiary alicyclic amines) is 1. The van der Waals surface area contributed by atoms with Gasteiger partial charge in [-0.3, -0.25) is 4.79 Å². The standard InChI is InChI=1S/C17H27N3O.ClH/c1-11-14-7-12(17(14,2)3)8-15(11)19-10-16(21)20-6-4-5-13(20)9-18;/h11-15,19H,4-8,10H2,1-3H3;1H/t11-,12+,13+,14-,15-;/m1./s1. The average molecular weight is 326 g/mol. The lowest BCUT2D eigenvalue weighted by Gasteiger charge is -2.62. The first-order valence-corrected chi connectivity index (χ1v) is 8.37. The summed E-state index contributed by atoms with van der Waals surface area (Å²) < 4.78 is 0. The first-order valence-electron chi connectivity index (χ1n) is 8.37. The van der Waals surface area contributed by atoms with E-state index in [1.165, 1.54) is 12.8 Å². The van der Waals surface area contributed by atoms with Gasteiger partial charge >= 0.3 is 0 Å². The van der Waals surface area contributed by atoms with Gasteiger partial charge in [0.1, 0.15) is 6.04 Å². The largest absolute Gasteiger partial charge is 0.326 e. The van der Waals surface area contributed by atoms with Crippen molar-refractivity contribution in [3.63, 3.8) is 0 Å². The molecular weight excluding hydrogens is 298 g/mol. The van der Waals surface area contributed by atoms with E-state index in [1.807, 2.05) is 0 Å². The molecule has 1 saturated heterocycles. The Hall–Kier alpha value is -0.790. The summed E-state index contributed by atoms with van der Waals surface area (Å²) in [6.07, 6.45) is 4.35. The highest BCUT2D eigenvalue weighted by Gasteiger charge is 2.56.